The average Bonchev–Trinajstić information content (AvgIpc) is 2.63. The van der Waals surface area contributed by atoms with Crippen molar-refractivity contribution in [2.75, 3.05) is 7.05 Å². The van der Waals surface area contributed by atoms with Crippen molar-refractivity contribution in [3.63, 3.8) is 0 Å². The maximum atomic E-state index is 12.5. The number of pyridine rings is 1. The van der Waals surface area contributed by atoms with E-state index in [0.29, 0.717) is 6.04 Å². The van der Waals surface area contributed by atoms with E-state index < -0.39 is 10.0 Å². The van der Waals surface area contributed by atoms with Gasteiger partial charge in [-0.05, 0) is 50.4 Å². The number of halogens is 1. The Balaban J connectivity index is 1.52. The zero-order valence-corrected chi connectivity index (χ0v) is 16.4. The molecule has 26 heavy (non-hydrogen) atoms. The van der Waals surface area contributed by atoms with E-state index in [1.54, 1.807) is 0 Å². The summed E-state index contributed by atoms with van der Waals surface area (Å²) in [6, 6.07) is 13.8. The summed E-state index contributed by atoms with van der Waals surface area (Å²) in [5.74, 6) is 0. The molecule has 0 atom stereocenters. The van der Waals surface area contributed by atoms with Gasteiger partial charge in [0.05, 0.1) is 0 Å². The van der Waals surface area contributed by atoms with Gasteiger partial charge < -0.3 is 0 Å². The highest BCUT2D eigenvalue weighted by Gasteiger charge is 2.27. The minimum Gasteiger partial charge on any atom is -0.299 e. The smallest absolute Gasteiger partial charge is 0.242 e. The second kappa shape index (κ2) is 8.48. The van der Waals surface area contributed by atoms with Crippen molar-refractivity contribution < 1.29 is 8.42 Å². The predicted octanol–water partition coefficient (Wildman–Crippen LogP) is 3.46. The Labute approximate surface area is 160 Å². The lowest BCUT2D eigenvalue weighted by molar-refractivity contribution is 0.173. The van der Waals surface area contributed by atoms with Crippen LogP contribution in [0.4, 0.5) is 0 Å². The summed E-state index contributed by atoms with van der Waals surface area (Å²) in [5.41, 5.74) is 1.30. The van der Waals surface area contributed by atoms with Gasteiger partial charge in [-0.1, -0.05) is 41.9 Å². The van der Waals surface area contributed by atoms with Crippen molar-refractivity contribution in [3.05, 3.63) is 59.4 Å². The van der Waals surface area contributed by atoms with Crippen LogP contribution in [0.1, 0.15) is 31.2 Å². The van der Waals surface area contributed by atoms with Crippen LogP contribution < -0.4 is 4.72 Å². The molecule has 0 saturated heterocycles. The van der Waals surface area contributed by atoms with E-state index in [1.807, 2.05) is 6.07 Å². The summed E-state index contributed by atoms with van der Waals surface area (Å²) in [7, 11) is -1.41. The predicted molar refractivity (Wildman–Crippen MR) is 104 cm³/mol. The molecule has 0 radical (unpaired) electrons. The number of benzene rings is 1. The Bertz CT molecular complexity index is 804. The van der Waals surface area contributed by atoms with E-state index in [0.717, 1.165) is 32.2 Å². The Morgan fingerprint density at radius 3 is 2.42 bits per heavy atom. The number of hydrogen-bond donors (Lipinski definition) is 1. The molecule has 0 amide bonds. The molecule has 2 aromatic rings. The van der Waals surface area contributed by atoms with Gasteiger partial charge in [-0.2, -0.15) is 0 Å². The van der Waals surface area contributed by atoms with Crippen LogP contribution in [0.3, 0.4) is 0 Å². The van der Waals surface area contributed by atoms with Gasteiger partial charge in [-0.3, -0.25) is 4.90 Å². The van der Waals surface area contributed by atoms with Gasteiger partial charge in [0.1, 0.15) is 10.0 Å². The van der Waals surface area contributed by atoms with Gasteiger partial charge in [0.2, 0.25) is 10.0 Å². The molecule has 1 aliphatic carbocycles. The van der Waals surface area contributed by atoms with Gasteiger partial charge in [0.25, 0.3) is 0 Å². The number of rotatable bonds is 6. The van der Waals surface area contributed by atoms with Crippen LogP contribution in [0.15, 0.2) is 53.6 Å². The molecule has 0 unspecified atom stereocenters. The zero-order valence-electron chi connectivity index (χ0n) is 14.8. The first-order chi connectivity index (χ1) is 12.4. The molecule has 1 heterocycles. The van der Waals surface area contributed by atoms with E-state index in [4.69, 9.17) is 11.6 Å². The largest absolute Gasteiger partial charge is 0.299 e. The number of sulfonamides is 1. The van der Waals surface area contributed by atoms with Crippen molar-refractivity contribution >= 4 is 21.6 Å². The van der Waals surface area contributed by atoms with E-state index in [-0.39, 0.29) is 16.1 Å². The second-order valence-electron chi connectivity index (χ2n) is 6.84. The SMILES string of the molecule is CN(Cc1ccccc1)C1CCC(NS(=O)(=O)c2ccc(Cl)nc2)CC1. The van der Waals surface area contributed by atoms with Gasteiger partial charge in [-0.15, -0.1) is 0 Å². The lowest BCUT2D eigenvalue weighted by Gasteiger charge is -2.34. The molecule has 1 aliphatic rings. The number of nitrogens with zero attached hydrogens (tertiary/aromatic N) is 2. The lowest BCUT2D eigenvalue weighted by Crippen LogP contribution is -2.42. The van der Waals surface area contributed by atoms with E-state index in [9.17, 15) is 8.42 Å². The maximum absolute atomic E-state index is 12.5. The summed E-state index contributed by atoms with van der Waals surface area (Å²) >= 11 is 5.73. The van der Waals surface area contributed by atoms with Gasteiger partial charge in [-0.25, -0.2) is 18.1 Å². The molecule has 7 heteroatoms. The Morgan fingerprint density at radius 2 is 1.81 bits per heavy atom. The van der Waals surface area contributed by atoms with E-state index >= 15 is 0 Å². The molecular formula is C19H24ClN3O2S. The van der Waals surface area contributed by atoms with Crippen molar-refractivity contribution in [2.45, 2.75) is 49.2 Å². The lowest BCUT2D eigenvalue weighted by atomic mass is 9.91. The minimum atomic E-state index is -3.55. The monoisotopic (exact) mass is 393 g/mol. The van der Waals surface area contributed by atoms with Gasteiger partial charge in [0, 0.05) is 24.8 Å². The standard InChI is InChI=1S/C19H24ClN3O2S/c1-23(14-15-5-3-2-4-6-15)17-9-7-16(8-10-17)22-26(24,25)18-11-12-19(20)21-13-18/h2-6,11-13,16-17,22H,7-10,14H2,1H3. The van der Waals surface area contributed by atoms with Crippen LogP contribution in [0.5, 0.6) is 0 Å². The third kappa shape index (κ3) is 5.04. The Hall–Kier alpha value is -1.47. The third-order valence-corrected chi connectivity index (χ3v) is 6.66. The Kier molecular flexibility index (Phi) is 6.29. The normalized spacial score (nSPS) is 21.0. The van der Waals surface area contributed by atoms with Crippen LogP contribution in [0.25, 0.3) is 0 Å². The fourth-order valence-electron chi connectivity index (χ4n) is 3.44. The molecule has 0 bridgehead atoms. The molecule has 1 fully saturated rings. The third-order valence-electron chi connectivity index (χ3n) is 4.93. The van der Waals surface area contributed by atoms with Crippen molar-refractivity contribution in [1.82, 2.24) is 14.6 Å². The van der Waals surface area contributed by atoms with Crippen LogP contribution in [-0.4, -0.2) is 37.4 Å². The summed E-state index contributed by atoms with van der Waals surface area (Å²) < 4.78 is 27.7. The highest BCUT2D eigenvalue weighted by Crippen LogP contribution is 2.25. The van der Waals surface area contributed by atoms with Crippen LogP contribution >= 0.6 is 11.6 Å². The van der Waals surface area contributed by atoms with Crippen molar-refractivity contribution in [3.8, 4) is 0 Å². The van der Waals surface area contributed by atoms with Crippen LogP contribution in [-0.2, 0) is 16.6 Å². The summed E-state index contributed by atoms with van der Waals surface area (Å²) in [6.45, 7) is 0.915. The topological polar surface area (TPSA) is 62.3 Å². The molecule has 0 spiro atoms. The highest BCUT2D eigenvalue weighted by molar-refractivity contribution is 7.89. The molecule has 5 nitrogen and oxygen atoms in total. The quantitative estimate of drug-likeness (QED) is 0.763. The first kappa shape index (κ1) is 19.3. The Morgan fingerprint density at radius 1 is 1.12 bits per heavy atom. The first-order valence-corrected chi connectivity index (χ1v) is 10.7. The van der Waals surface area contributed by atoms with Gasteiger partial charge >= 0.3 is 0 Å². The summed E-state index contributed by atoms with van der Waals surface area (Å²) in [5, 5.41) is 0.283. The van der Waals surface area contributed by atoms with Crippen molar-refractivity contribution in [1.29, 1.82) is 0 Å². The first-order valence-electron chi connectivity index (χ1n) is 8.82. The fourth-order valence-corrected chi connectivity index (χ4v) is 4.80. The van der Waals surface area contributed by atoms with Crippen molar-refractivity contribution in [2.24, 2.45) is 0 Å². The van der Waals surface area contributed by atoms with Gasteiger partial charge in [0.15, 0.2) is 0 Å². The average molecular weight is 394 g/mol. The minimum absolute atomic E-state index is 0.0305. The fraction of sp³-hybridized carbons (Fsp3) is 0.421. The molecule has 1 aromatic heterocycles. The molecule has 1 aromatic carbocycles. The molecule has 1 saturated carbocycles. The summed E-state index contributed by atoms with van der Waals surface area (Å²) in [6.07, 6.45) is 4.93. The summed E-state index contributed by atoms with van der Waals surface area (Å²) in [4.78, 5) is 6.38. The molecular weight excluding hydrogens is 370 g/mol. The number of nitrogens with one attached hydrogen (secondary N) is 1. The number of aromatic nitrogens is 1. The van der Waals surface area contributed by atoms with Crippen LogP contribution in [0.2, 0.25) is 5.15 Å². The van der Waals surface area contributed by atoms with E-state index in [1.165, 1.54) is 23.9 Å². The number of hydrogen-bond acceptors (Lipinski definition) is 4. The van der Waals surface area contributed by atoms with Crippen LogP contribution in [0, 0.1) is 0 Å². The zero-order chi connectivity index (χ0) is 18.6. The second-order valence-corrected chi connectivity index (χ2v) is 8.95. The highest BCUT2D eigenvalue weighted by atomic mass is 35.5. The van der Waals surface area contributed by atoms with E-state index in [2.05, 4.69) is 45.9 Å². The molecule has 0 aliphatic heterocycles. The molecule has 3 rings (SSSR count). The molecule has 1 N–H and O–H groups in total. The maximum Gasteiger partial charge on any atom is 0.242 e. The molecule has 140 valence electrons.